The van der Waals surface area contributed by atoms with Crippen molar-refractivity contribution in [2.75, 3.05) is 7.11 Å². The van der Waals surface area contributed by atoms with Crippen LogP contribution in [0.4, 0.5) is 0 Å². The van der Waals surface area contributed by atoms with Gasteiger partial charge in [-0.05, 0) is 36.6 Å². The summed E-state index contributed by atoms with van der Waals surface area (Å²) in [5.41, 5.74) is 8.35. The van der Waals surface area contributed by atoms with E-state index in [1.165, 1.54) is 5.56 Å². The van der Waals surface area contributed by atoms with E-state index < -0.39 is 0 Å². The number of aryl methyl sites for hydroxylation is 2. The van der Waals surface area contributed by atoms with Gasteiger partial charge in [0.1, 0.15) is 5.75 Å². The normalized spacial score (nSPS) is 12.4. The maximum Gasteiger partial charge on any atom is 0.123 e. The predicted molar refractivity (Wildman–Crippen MR) is 76.5 cm³/mol. The lowest BCUT2D eigenvalue weighted by Gasteiger charge is -2.15. The Morgan fingerprint density at radius 2 is 2.26 bits per heavy atom. The lowest BCUT2D eigenvalue weighted by atomic mass is 10.00. The Morgan fingerprint density at radius 1 is 1.47 bits per heavy atom. The molecule has 2 aromatic rings. The molecule has 0 radical (unpaired) electrons. The summed E-state index contributed by atoms with van der Waals surface area (Å²) in [5, 5.41) is 4.82. The van der Waals surface area contributed by atoms with Crippen LogP contribution in [0.2, 0.25) is 5.02 Å². The molecule has 0 fully saturated rings. The highest BCUT2D eigenvalue weighted by Gasteiger charge is 2.13. The summed E-state index contributed by atoms with van der Waals surface area (Å²) in [5.74, 6) is 0.781. The standard InChI is InChI=1S/C14H18ClN3O/c1-18-9-10(8-17-18)3-5-13(16)12-7-11(15)4-6-14(12)19-2/h4,6-9,13H,3,5,16H2,1-2H3. The molecule has 2 rings (SSSR count). The highest BCUT2D eigenvalue weighted by molar-refractivity contribution is 6.30. The fourth-order valence-electron chi connectivity index (χ4n) is 2.07. The van der Waals surface area contributed by atoms with Crippen molar-refractivity contribution in [3.63, 3.8) is 0 Å². The SMILES string of the molecule is COc1ccc(Cl)cc1C(N)CCc1cnn(C)c1. The second-order valence-corrected chi connectivity index (χ2v) is 4.99. The van der Waals surface area contributed by atoms with Gasteiger partial charge in [-0.25, -0.2) is 0 Å². The van der Waals surface area contributed by atoms with Crippen molar-refractivity contribution in [2.24, 2.45) is 12.8 Å². The number of hydrogen-bond donors (Lipinski definition) is 1. The first-order valence-electron chi connectivity index (χ1n) is 6.16. The van der Waals surface area contributed by atoms with Crippen molar-refractivity contribution in [3.8, 4) is 5.75 Å². The summed E-state index contributed by atoms with van der Waals surface area (Å²) >= 11 is 6.01. The van der Waals surface area contributed by atoms with Crippen LogP contribution in [-0.2, 0) is 13.5 Å². The fourth-order valence-corrected chi connectivity index (χ4v) is 2.25. The lowest BCUT2D eigenvalue weighted by Crippen LogP contribution is -2.12. The molecule has 1 unspecified atom stereocenters. The summed E-state index contributed by atoms with van der Waals surface area (Å²) in [6.07, 6.45) is 5.57. The van der Waals surface area contributed by atoms with E-state index in [1.54, 1.807) is 17.9 Å². The van der Waals surface area contributed by atoms with Gasteiger partial charge in [0.2, 0.25) is 0 Å². The van der Waals surface area contributed by atoms with E-state index in [4.69, 9.17) is 22.1 Å². The Labute approximate surface area is 118 Å². The molecule has 0 bridgehead atoms. The number of rotatable bonds is 5. The molecule has 4 nitrogen and oxygen atoms in total. The number of halogens is 1. The third kappa shape index (κ3) is 3.49. The van der Waals surface area contributed by atoms with E-state index in [0.29, 0.717) is 5.02 Å². The van der Waals surface area contributed by atoms with Crippen molar-refractivity contribution in [3.05, 3.63) is 46.7 Å². The Morgan fingerprint density at radius 3 is 2.89 bits per heavy atom. The van der Waals surface area contributed by atoms with Crippen molar-refractivity contribution in [1.82, 2.24) is 9.78 Å². The number of benzene rings is 1. The molecule has 0 aliphatic heterocycles. The Balaban J connectivity index is 2.06. The summed E-state index contributed by atoms with van der Waals surface area (Å²) in [7, 11) is 3.55. The molecule has 0 spiro atoms. The average molecular weight is 280 g/mol. The van der Waals surface area contributed by atoms with Crippen LogP contribution < -0.4 is 10.5 Å². The van der Waals surface area contributed by atoms with Crippen molar-refractivity contribution >= 4 is 11.6 Å². The summed E-state index contributed by atoms with van der Waals surface area (Å²) in [6.45, 7) is 0. The summed E-state index contributed by atoms with van der Waals surface area (Å²) in [4.78, 5) is 0. The van der Waals surface area contributed by atoms with E-state index in [-0.39, 0.29) is 6.04 Å². The van der Waals surface area contributed by atoms with Crippen molar-refractivity contribution in [2.45, 2.75) is 18.9 Å². The molecule has 0 aliphatic rings. The minimum Gasteiger partial charge on any atom is -0.496 e. The molecule has 0 saturated carbocycles. The zero-order chi connectivity index (χ0) is 13.8. The Hall–Kier alpha value is -1.52. The number of methoxy groups -OCH3 is 1. The van der Waals surface area contributed by atoms with E-state index >= 15 is 0 Å². The van der Waals surface area contributed by atoms with Crippen LogP contribution in [0.1, 0.15) is 23.6 Å². The van der Waals surface area contributed by atoms with Crippen LogP contribution in [-0.4, -0.2) is 16.9 Å². The molecule has 0 saturated heterocycles. The molecular weight excluding hydrogens is 262 g/mol. The molecule has 19 heavy (non-hydrogen) atoms. The van der Waals surface area contributed by atoms with Crippen LogP contribution in [0.15, 0.2) is 30.6 Å². The van der Waals surface area contributed by atoms with Crippen LogP contribution >= 0.6 is 11.6 Å². The number of nitrogens with two attached hydrogens (primary N) is 1. The van der Waals surface area contributed by atoms with Gasteiger partial charge in [0, 0.05) is 29.9 Å². The van der Waals surface area contributed by atoms with Crippen molar-refractivity contribution in [1.29, 1.82) is 0 Å². The van der Waals surface area contributed by atoms with E-state index in [0.717, 1.165) is 24.2 Å². The van der Waals surface area contributed by atoms with E-state index in [2.05, 4.69) is 5.10 Å². The smallest absolute Gasteiger partial charge is 0.123 e. The van der Waals surface area contributed by atoms with Crippen molar-refractivity contribution < 1.29 is 4.74 Å². The van der Waals surface area contributed by atoms with Gasteiger partial charge in [-0.15, -0.1) is 0 Å². The second kappa shape index (κ2) is 6.08. The first kappa shape index (κ1) is 13.9. The largest absolute Gasteiger partial charge is 0.496 e. The monoisotopic (exact) mass is 279 g/mol. The van der Waals surface area contributed by atoms with Gasteiger partial charge in [0.05, 0.1) is 13.3 Å². The van der Waals surface area contributed by atoms with Gasteiger partial charge < -0.3 is 10.5 Å². The molecule has 1 aromatic heterocycles. The molecule has 1 heterocycles. The number of aromatic nitrogens is 2. The fraction of sp³-hybridized carbons (Fsp3) is 0.357. The molecule has 0 amide bonds. The molecule has 1 aromatic carbocycles. The molecule has 2 N–H and O–H groups in total. The molecule has 5 heteroatoms. The van der Waals surface area contributed by atoms with Crippen LogP contribution in [0.5, 0.6) is 5.75 Å². The van der Waals surface area contributed by atoms with Gasteiger partial charge in [-0.1, -0.05) is 11.6 Å². The van der Waals surface area contributed by atoms with Crippen LogP contribution in [0.25, 0.3) is 0 Å². The first-order chi connectivity index (χ1) is 9.10. The highest BCUT2D eigenvalue weighted by Crippen LogP contribution is 2.29. The third-order valence-corrected chi connectivity index (χ3v) is 3.33. The minimum atomic E-state index is -0.103. The zero-order valence-electron chi connectivity index (χ0n) is 11.1. The first-order valence-corrected chi connectivity index (χ1v) is 6.54. The minimum absolute atomic E-state index is 0.103. The Kier molecular flexibility index (Phi) is 4.45. The maximum atomic E-state index is 6.23. The number of nitrogens with zero attached hydrogens (tertiary/aromatic N) is 2. The predicted octanol–water partition coefficient (Wildman–Crippen LogP) is 2.71. The van der Waals surface area contributed by atoms with Gasteiger partial charge in [0.25, 0.3) is 0 Å². The average Bonchev–Trinajstić information content (AvgIpc) is 2.81. The maximum absolute atomic E-state index is 6.23. The van der Waals surface area contributed by atoms with E-state index in [9.17, 15) is 0 Å². The quantitative estimate of drug-likeness (QED) is 0.916. The second-order valence-electron chi connectivity index (χ2n) is 4.55. The highest BCUT2D eigenvalue weighted by atomic mass is 35.5. The lowest BCUT2D eigenvalue weighted by molar-refractivity contribution is 0.404. The van der Waals surface area contributed by atoms with Gasteiger partial charge in [-0.2, -0.15) is 5.10 Å². The van der Waals surface area contributed by atoms with E-state index in [1.807, 2.05) is 31.6 Å². The number of hydrogen-bond acceptors (Lipinski definition) is 3. The van der Waals surface area contributed by atoms with Crippen LogP contribution in [0, 0.1) is 0 Å². The van der Waals surface area contributed by atoms with Crippen LogP contribution in [0.3, 0.4) is 0 Å². The number of ether oxygens (including phenoxy) is 1. The van der Waals surface area contributed by atoms with Gasteiger partial charge in [-0.3, -0.25) is 4.68 Å². The molecule has 1 atom stereocenters. The molecular formula is C14H18ClN3O. The zero-order valence-corrected chi connectivity index (χ0v) is 11.9. The summed E-state index contributed by atoms with van der Waals surface area (Å²) < 4.78 is 7.12. The molecule has 102 valence electrons. The molecule has 0 aliphatic carbocycles. The topological polar surface area (TPSA) is 53.1 Å². The van der Waals surface area contributed by atoms with Gasteiger partial charge >= 0.3 is 0 Å². The van der Waals surface area contributed by atoms with Gasteiger partial charge in [0.15, 0.2) is 0 Å². The third-order valence-electron chi connectivity index (χ3n) is 3.09. The summed E-state index contributed by atoms with van der Waals surface area (Å²) in [6, 6.07) is 5.42. The Bertz CT molecular complexity index is 553.